The molecule has 0 unspecified atom stereocenters. The van der Waals surface area contributed by atoms with Gasteiger partial charge in [-0.1, -0.05) is 48.6 Å². The summed E-state index contributed by atoms with van der Waals surface area (Å²) in [5.74, 6) is 0.166. The third kappa shape index (κ3) is 4.76. The molecule has 0 amide bonds. The summed E-state index contributed by atoms with van der Waals surface area (Å²) < 4.78 is 16.2. The van der Waals surface area contributed by atoms with E-state index in [0.717, 1.165) is 22.4 Å². The largest absolute Gasteiger partial charge is 0.497 e. The summed E-state index contributed by atoms with van der Waals surface area (Å²) in [7, 11) is 1.63. The molecule has 0 saturated carbocycles. The number of methoxy groups -OCH3 is 1. The van der Waals surface area contributed by atoms with Gasteiger partial charge in [-0.2, -0.15) is 0 Å². The Morgan fingerprint density at radius 3 is 2.78 bits per heavy atom. The number of rotatable bonds is 6. The molecule has 5 nitrogen and oxygen atoms in total. The SMILES string of the molecule is COc1ccc2c(c1)CO[C@H]([C@H](O)COC(C)=O)[C@H]2C=Cc1ccccc1. The molecule has 0 bridgehead atoms. The van der Waals surface area contributed by atoms with E-state index in [4.69, 9.17) is 14.2 Å². The van der Waals surface area contributed by atoms with E-state index < -0.39 is 18.2 Å². The lowest BCUT2D eigenvalue weighted by molar-refractivity contribution is -0.149. The van der Waals surface area contributed by atoms with Gasteiger partial charge in [0, 0.05) is 12.8 Å². The van der Waals surface area contributed by atoms with Gasteiger partial charge in [-0.05, 0) is 28.8 Å². The predicted molar refractivity (Wildman–Crippen MR) is 102 cm³/mol. The molecule has 2 aromatic rings. The number of fused-ring (bicyclic) bond motifs is 1. The Morgan fingerprint density at radius 1 is 1.30 bits per heavy atom. The summed E-state index contributed by atoms with van der Waals surface area (Å²) in [6.07, 6.45) is 2.61. The van der Waals surface area contributed by atoms with Gasteiger partial charge in [0.1, 0.15) is 18.5 Å². The highest BCUT2D eigenvalue weighted by atomic mass is 16.5. The maximum absolute atomic E-state index is 11.1. The van der Waals surface area contributed by atoms with Crippen molar-refractivity contribution < 1.29 is 24.1 Å². The lowest BCUT2D eigenvalue weighted by Gasteiger charge is -2.35. The highest BCUT2D eigenvalue weighted by Gasteiger charge is 2.34. The molecule has 0 spiro atoms. The zero-order valence-corrected chi connectivity index (χ0v) is 15.5. The second-order valence-corrected chi connectivity index (χ2v) is 6.51. The number of carbonyl (C=O) groups is 1. The van der Waals surface area contributed by atoms with Crippen LogP contribution in [0.25, 0.3) is 6.08 Å². The van der Waals surface area contributed by atoms with Crippen LogP contribution in [0.2, 0.25) is 0 Å². The van der Waals surface area contributed by atoms with E-state index in [0.29, 0.717) is 6.61 Å². The second-order valence-electron chi connectivity index (χ2n) is 6.51. The van der Waals surface area contributed by atoms with Crippen molar-refractivity contribution in [3.63, 3.8) is 0 Å². The van der Waals surface area contributed by atoms with Crippen LogP contribution in [0.4, 0.5) is 0 Å². The van der Waals surface area contributed by atoms with Crippen molar-refractivity contribution in [2.75, 3.05) is 13.7 Å². The van der Waals surface area contributed by atoms with Crippen LogP contribution in [0.1, 0.15) is 29.5 Å². The maximum Gasteiger partial charge on any atom is 0.302 e. The zero-order valence-electron chi connectivity index (χ0n) is 15.5. The first-order valence-electron chi connectivity index (χ1n) is 8.91. The minimum atomic E-state index is -0.922. The predicted octanol–water partition coefficient (Wildman–Crippen LogP) is 3.32. The smallest absolute Gasteiger partial charge is 0.302 e. The van der Waals surface area contributed by atoms with Crippen molar-refractivity contribution >= 4 is 12.0 Å². The molecule has 1 N–H and O–H groups in total. The van der Waals surface area contributed by atoms with Crippen molar-refractivity contribution in [2.45, 2.75) is 31.7 Å². The van der Waals surface area contributed by atoms with E-state index in [1.807, 2.05) is 60.7 Å². The first kappa shape index (κ1) is 19.1. The second kappa shape index (κ2) is 8.84. The molecule has 3 rings (SSSR count). The van der Waals surface area contributed by atoms with Crippen molar-refractivity contribution in [1.29, 1.82) is 0 Å². The Morgan fingerprint density at radius 2 is 2.07 bits per heavy atom. The lowest BCUT2D eigenvalue weighted by Crippen LogP contribution is -2.40. The fourth-order valence-electron chi connectivity index (χ4n) is 3.27. The van der Waals surface area contributed by atoms with Gasteiger partial charge in [0.25, 0.3) is 0 Å². The Balaban J connectivity index is 1.90. The molecule has 1 heterocycles. The Kier molecular flexibility index (Phi) is 6.27. The number of ether oxygens (including phenoxy) is 3. The summed E-state index contributed by atoms with van der Waals surface area (Å²) in [6.45, 7) is 1.59. The first-order valence-corrected chi connectivity index (χ1v) is 8.91. The summed E-state index contributed by atoms with van der Waals surface area (Å²) in [6, 6.07) is 15.8. The van der Waals surface area contributed by atoms with Crippen LogP contribution in [0.3, 0.4) is 0 Å². The average molecular weight is 368 g/mol. The highest BCUT2D eigenvalue weighted by molar-refractivity contribution is 5.65. The monoisotopic (exact) mass is 368 g/mol. The number of aliphatic hydroxyl groups is 1. The molecule has 5 heteroatoms. The molecule has 0 fully saturated rings. The molecule has 0 aromatic heterocycles. The fourth-order valence-corrected chi connectivity index (χ4v) is 3.27. The average Bonchev–Trinajstić information content (AvgIpc) is 2.70. The molecule has 0 aliphatic carbocycles. The van der Waals surface area contributed by atoms with E-state index in [1.54, 1.807) is 7.11 Å². The molecular weight excluding hydrogens is 344 g/mol. The number of hydrogen-bond acceptors (Lipinski definition) is 5. The zero-order chi connectivity index (χ0) is 19.2. The van der Waals surface area contributed by atoms with Crippen LogP contribution in [0.15, 0.2) is 54.6 Å². The molecular formula is C22H24O5. The fraction of sp³-hybridized carbons (Fsp3) is 0.318. The van der Waals surface area contributed by atoms with Crippen LogP contribution in [0.5, 0.6) is 5.75 Å². The molecule has 3 atom stereocenters. The van der Waals surface area contributed by atoms with Crippen LogP contribution < -0.4 is 4.74 Å². The normalized spacial score (nSPS) is 20.1. The molecule has 27 heavy (non-hydrogen) atoms. The molecule has 0 radical (unpaired) electrons. The van der Waals surface area contributed by atoms with Gasteiger partial charge in [-0.15, -0.1) is 0 Å². The van der Waals surface area contributed by atoms with Gasteiger partial charge in [0.15, 0.2) is 0 Å². The Bertz CT molecular complexity index is 800. The van der Waals surface area contributed by atoms with Gasteiger partial charge >= 0.3 is 5.97 Å². The molecule has 1 aliphatic heterocycles. The number of benzene rings is 2. The summed E-state index contributed by atoms with van der Waals surface area (Å²) in [5.41, 5.74) is 3.15. The van der Waals surface area contributed by atoms with Crippen molar-refractivity contribution in [1.82, 2.24) is 0 Å². The maximum atomic E-state index is 11.1. The van der Waals surface area contributed by atoms with Gasteiger partial charge in [0.2, 0.25) is 0 Å². The van der Waals surface area contributed by atoms with Crippen LogP contribution >= 0.6 is 0 Å². The molecule has 0 saturated heterocycles. The lowest BCUT2D eigenvalue weighted by atomic mass is 9.84. The van der Waals surface area contributed by atoms with Crippen molar-refractivity contribution in [3.05, 3.63) is 71.3 Å². The summed E-state index contributed by atoms with van der Waals surface area (Å²) in [4.78, 5) is 11.1. The third-order valence-electron chi connectivity index (χ3n) is 4.63. The highest BCUT2D eigenvalue weighted by Crippen LogP contribution is 2.36. The molecule has 2 aromatic carbocycles. The van der Waals surface area contributed by atoms with E-state index in [2.05, 4.69) is 0 Å². The Hall–Kier alpha value is -2.63. The van der Waals surface area contributed by atoms with Gasteiger partial charge in [-0.25, -0.2) is 0 Å². The third-order valence-corrected chi connectivity index (χ3v) is 4.63. The van der Waals surface area contributed by atoms with E-state index >= 15 is 0 Å². The van der Waals surface area contributed by atoms with Crippen LogP contribution in [0, 0.1) is 0 Å². The molecule has 142 valence electrons. The topological polar surface area (TPSA) is 65.0 Å². The Labute approximate surface area is 159 Å². The summed E-state index contributed by atoms with van der Waals surface area (Å²) >= 11 is 0. The number of aliphatic hydroxyl groups excluding tert-OH is 1. The summed E-state index contributed by atoms with van der Waals surface area (Å²) in [5, 5.41) is 10.6. The van der Waals surface area contributed by atoms with Crippen molar-refractivity contribution in [2.24, 2.45) is 0 Å². The van der Waals surface area contributed by atoms with E-state index in [1.165, 1.54) is 6.92 Å². The minimum Gasteiger partial charge on any atom is -0.497 e. The van der Waals surface area contributed by atoms with Crippen LogP contribution in [-0.2, 0) is 20.9 Å². The van der Waals surface area contributed by atoms with Crippen molar-refractivity contribution in [3.8, 4) is 5.75 Å². The quantitative estimate of drug-likeness (QED) is 0.793. The minimum absolute atomic E-state index is 0.0961. The van der Waals surface area contributed by atoms with Gasteiger partial charge in [-0.3, -0.25) is 4.79 Å². The molecule has 1 aliphatic rings. The number of carbonyl (C=O) groups excluding carboxylic acids is 1. The van der Waals surface area contributed by atoms with E-state index in [-0.39, 0.29) is 12.5 Å². The standard InChI is InChI=1S/C22H24O5/c1-15(23)26-14-21(24)22-20(10-8-16-6-4-3-5-7-16)19-11-9-18(25-2)12-17(19)13-27-22/h3-12,20-22,24H,13-14H2,1-2H3/t20-,21+,22-/m0/s1. The van der Waals surface area contributed by atoms with E-state index in [9.17, 15) is 9.90 Å². The van der Waals surface area contributed by atoms with Gasteiger partial charge in [0.05, 0.1) is 19.8 Å². The number of esters is 1. The van der Waals surface area contributed by atoms with Crippen LogP contribution in [-0.4, -0.2) is 37.0 Å². The first-order chi connectivity index (χ1) is 13.1. The van der Waals surface area contributed by atoms with Gasteiger partial charge < -0.3 is 19.3 Å². The number of hydrogen-bond donors (Lipinski definition) is 1.